The van der Waals surface area contributed by atoms with Gasteiger partial charge in [0.15, 0.2) is 0 Å². The lowest BCUT2D eigenvalue weighted by molar-refractivity contribution is -0.136. The third kappa shape index (κ3) is 4.41. The number of hydrogen-bond donors (Lipinski definition) is 0. The van der Waals surface area contributed by atoms with Crippen LogP contribution in [0.5, 0.6) is 5.75 Å². The third-order valence-electron chi connectivity index (χ3n) is 6.03. The molecule has 4 rings (SSSR count). The first-order valence-electron chi connectivity index (χ1n) is 10.7. The van der Waals surface area contributed by atoms with Crippen molar-refractivity contribution in [3.05, 3.63) is 77.9 Å². The fourth-order valence-electron chi connectivity index (χ4n) is 4.42. The van der Waals surface area contributed by atoms with Crippen molar-refractivity contribution in [2.75, 3.05) is 27.2 Å². The zero-order valence-electron chi connectivity index (χ0n) is 18.1. The number of piperidine rings is 1. The topological polar surface area (TPSA) is 49.9 Å². The molecular weight excluding hydrogens is 388 g/mol. The molecule has 1 aliphatic heterocycles. The van der Waals surface area contributed by atoms with Crippen LogP contribution in [0.25, 0.3) is 10.8 Å². The summed E-state index contributed by atoms with van der Waals surface area (Å²) >= 11 is 0. The molecule has 160 valence electrons. The second-order valence-corrected chi connectivity index (χ2v) is 8.13. The molecule has 31 heavy (non-hydrogen) atoms. The Hall–Kier alpha value is -3.34. The van der Waals surface area contributed by atoms with E-state index in [0.29, 0.717) is 25.2 Å². The fourth-order valence-corrected chi connectivity index (χ4v) is 4.42. The molecule has 0 N–H and O–H groups in total. The highest BCUT2D eigenvalue weighted by Crippen LogP contribution is 2.30. The molecule has 0 bridgehead atoms. The summed E-state index contributed by atoms with van der Waals surface area (Å²) in [5.41, 5.74) is 1.76. The van der Waals surface area contributed by atoms with E-state index in [0.717, 1.165) is 34.9 Å². The van der Waals surface area contributed by atoms with Gasteiger partial charge >= 0.3 is 0 Å². The summed E-state index contributed by atoms with van der Waals surface area (Å²) in [5, 5.41) is 1.80. The Kier molecular flexibility index (Phi) is 6.21. The SMILES string of the molecule is COc1ccc(C(=O)N2CCCC(C(=O)N(C)Cc3ccccc3)C2)c2ccccc12. The van der Waals surface area contributed by atoms with Gasteiger partial charge in [-0.05, 0) is 35.9 Å². The maximum Gasteiger partial charge on any atom is 0.254 e. The highest BCUT2D eigenvalue weighted by molar-refractivity contribution is 6.08. The quantitative estimate of drug-likeness (QED) is 0.621. The van der Waals surface area contributed by atoms with E-state index in [1.165, 1.54) is 0 Å². The Morgan fingerprint density at radius 2 is 1.71 bits per heavy atom. The summed E-state index contributed by atoms with van der Waals surface area (Å²) in [4.78, 5) is 30.1. The molecule has 3 aromatic rings. The Morgan fingerprint density at radius 3 is 2.45 bits per heavy atom. The average molecular weight is 417 g/mol. The average Bonchev–Trinajstić information content (AvgIpc) is 2.83. The van der Waals surface area contributed by atoms with Crippen LogP contribution in [0, 0.1) is 5.92 Å². The Morgan fingerprint density at radius 1 is 1.00 bits per heavy atom. The molecule has 0 aromatic heterocycles. The molecule has 2 amide bonds. The molecule has 0 spiro atoms. The van der Waals surface area contributed by atoms with E-state index in [1.54, 1.807) is 12.0 Å². The minimum absolute atomic E-state index is 0.0259. The summed E-state index contributed by atoms with van der Waals surface area (Å²) in [6.07, 6.45) is 1.64. The first-order valence-corrected chi connectivity index (χ1v) is 10.7. The van der Waals surface area contributed by atoms with Crippen LogP contribution >= 0.6 is 0 Å². The van der Waals surface area contributed by atoms with Crippen molar-refractivity contribution in [3.63, 3.8) is 0 Å². The second-order valence-electron chi connectivity index (χ2n) is 8.13. The molecule has 3 aromatic carbocycles. The summed E-state index contributed by atoms with van der Waals surface area (Å²) in [6, 6.07) is 21.4. The molecule has 0 aliphatic carbocycles. The fraction of sp³-hybridized carbons (Fsp3) is 0.308. The number of amides is 2. The minimum Gasteiger partial charge on any atom is -0.496 e. The standard InChI is InChI=1S/C26H28N2O3/c1-27(17-19-9-4-3-5-10-19)25(29)20-11-8-16-28(18-20)26(30)23-14-15-24(31-2)22-13-7-6-12-21(22)23/h3-7,9-10,12-15,20H,8,11,16-18H2,1-2H3. The number of rotatable bonds is 5. The van der Waals surface area contributed by atoms with Gasteiger partial charge in [0.2, 0.25) is 5.91 Å². The van der Waals surface area contributed by atoms with E-state index in [1.807, 2.05) is 78.7 Å². The third-order valence-corrected chi connectivity index (χ3v) is 6.03. The molecule has 1 aliphatic rings. The van der Waals surface area contributed by atoms with Crippen LogP contribution in [-0.2, 0) is 11.3 Å². The van der Waals surface area contributed by atoms with Gasteiger partial charge in [0, 0.05) is 37.6 Å². The van der Waals surface area contributed by atoms with Crippen LogP contribution < -0.4 is 4.74 Å². The predicted molar refractivity (Wildman–Crippen MR) is 122 cm³/mol. The molecule has 0 saturated carbocycles. The summed E-state index contributed by atoms with van der Waals surface area (Å²) in [7, 11) is 3.48. The molecule has 5 heteroatoms. The molecular formula is C26H28N2O3. The van der Waals surface area contributed by atoms with Crippen molar-refractivity contribution in [2.45, 2.75) is 19.4 Å². The van der Waals surface area contributed by atoms with E-state index in [-0.39, 0.29) is 17.7 Å². The molecule has 1 atom stereocenters. The first kappa shape index (κ1) is 20.9. The number of hydrogen-bond acceptors (Lipinski definition) is 3. The number of carbonyl (C=O) groups excluding carboxylic acids is 2. The molecule has 1 fully saturated rings. The number of carbonyl (C=O) groups is 2. The number of nitrogens with zero attached hydrogens (tertiary/aromatic N) is 2. The van der Waals surface area contributed by atoms with Gasteiger partial charge in [-0.2, -0.15) is 0 Å². The van der Waals surface area contributed by atoms with Crippen molar-refractivity contribution in [1.29, 1.82) is 0 Å². The van der Waals surface area contributed by atoms with Gasteiger partial charge < -0.3 is 14.5 Å². The van der Waals surface area contributed by atoms with Gasteiger partial charge in [-0.1, -0.05) is 54.6 Å². The van der Waals surface area contributed by atoms with Crippen molar-refractivity contribution in [3.8, 4) is 5.75 Å². The Labute approximate surface area is 183 Å². The molecule has 1 unspecified atom stereocenters. The van der Waals surface area contributed by atoms with E-state index in [9.17, 15) is 9.59 Å². The lowest BCUT2D eigenvalue weighted by Gasteiger charge is -2.34. The number of methoxy groups -OCH3 is 1. The van der Waals surface area contributed by atoms with Crippen LogP contribution in [0.2, 0.25) is 0 Å². The van der Waals surface area contributed by atoms with E-state index in [4.69, 9.17) is 4.74 Å². The van der Waals surface area contributed by atoms with Crippen molar-refractivity contribution < 1.29 is 14.3 Å². The van der Waals surface area contributed by atoms with Gasteiger partial charge in [0.1, 0.15) is 5.75 Å². The largest absolute Gasteiger partial charge is 0.496 e. The normalized spacial score (nSPS) is 16.2. The summed E-state index contributed by atoms with van der Waals surface area (Å²) in [6.45, 7) is 1.70. The Balaban J connectivity index is 1.50. The lowest BCUT2D eigenvalue weighted by Crippen LogP contribution is -2.45. The number of fused-ring (bicyclic) bond motifs is 1. The highest BCUT2D eigenvalue weighted by Gasteiger charge is 2.31. The number of ether oxygens (including phenoxy) is 1. The summed E-state index contributed by atoms with van der Waals surface area (Å²) < 4.78 is 5.46. The number of benzene rings is 3. The smallest absolute Gasteiger partial charge is 0.254 e. The monoisotopic (exact) mass is 416 g/mol. The Bertz CT molecular complexity index is 1080. The molecule has 1 heterocycles. The van der Waals surface area contributed by atoms with E-state index >= 15 is 0 Å². The van der Waals surface area contributed by atoms with Crippen LogP contribution in [-0.4, -0.2) is 48.9 Å². The van der Waals surface area contributed by atoms with E-state index < -0.39 is 0 Å². The van der Waals surface area contributed by atoms with Gasteiger partial charge in [0.05, 0.1) is 13.0 Å². The lowest BCUT2D eigenvalue weighted by atomic mass is 9.95. The first-order chi connectivity index (χ1) is 15.1. The van der Waals surface area contributed by atoms with Crippen molar-refractivity contribution in [1.82, 2.24) is 9.80 Å². The van der Waals surface area contributed by atoms with E-state index in [2.05, 4.69) is 0 Å². The van der Waals surface area contributed by atoms with Gasteiger partial charge in [-0.25, -0.2) is 0 Å². The molecule has 1 saturated heterocycles. The van der Waals surface area contributed by atoms with Gasteiger partial charge in [-0.15, -0.1) is 0 Å². The minimum atomic E-state index is -0.170. The van der Waals surface area contributed by atoms with Crippen LogP contribution in [0.3, 0.4) is 0 Å². The van der Waals surface area contributed by atoms with Crippen LogP contribution in [0.15, 0.2) is 66.7 Å². The maximum absolute atomic E-state index is 13.4. The highest BCUT2D eigenvalue weighted by atomic mass is 16.5. The van der Waals surface area contributed by atoms with Crippen LogP contribution in [0.1, 0.15) is 28.8 Å². The summed E-state index contributed by atoms with van der Waals surface area (Å²) in [5.74, 6) is 0.653. The second kappa shape index (κ2) is 9.21. The zero-order valence-corrected chi connectivity index (χ0v) is 18.1. The van der Waals surface area contributed by atoms with Crippen LogP contribution in [0.4, 0.5) is 0 Å². The van der Waals surface area contributed by atoms with Gasteiger partial charge in [-0.3, -0.25) is 9.59 Å². The van der Waals surface area contributed by atoms with Crippen molar-refractivity contribution in [2.24, 2.45) is 5.92 Å². The number of likely N-dealkylation sites (tertiary alicyclic amines) is 1. The zero-order chi connectivity index (χ0) is 21.8. The van der Waals surface area contributed by atoms with Crippen molar-refractivity contribution >= 4 is 22.6 Å². The molecule has 0 radical (unpaired) electrons. The molecule has 5 nitrogen and oxygen atoms in total. The predicted octanol–water partition coefficient (Wildman–Crippen LogP) is 4.36. The van der Waals surface area contributed by atoms with Gasteiger partial charge in [0.25, 0.3) is 5.91 Å². The maximum atomic E-state index is 13.4.